The van der Waals surface area contributed by atoms with Crippen LogP contribution in [0.4, 0.5) is 5.82 Å². The van der Waals surface area contributed by atoms with Gasteiger partial charge in [-0.15, -0.1) is 0 Å². The molecule has 2 atom stereocenters. The monoisotopic (exact) mass is 415 g/mol. The van der Waals surface area contributed by atoms with Crippen LogP contribution in [-0.4, -0.2) is 47.6 Å². The van der Waals surface area contributed by atoms with Gasteiger partial charge in [0.1, 0.15) is 5.69 Å². The molecule has 4 rings (SSSR count). The number of hydrogen-bond donors (Lipinski definition) is 1. The van der Waals surface area contributed by atoms with Crippen LogP contribution >= 0.6 is 0 Å². The number of para-hydroxylation sites is 2. The van der Waals surface area contributed by atoms with E-state index >= 15 is 0 Å². The number of esters is 1. The Bertz CT molecular complexity index is 1090. The van der Waals surface area contributed by atoms with Crippen molar-refractivity contribution in [2.24, 2.45) is 0 Å². The fourth-order valence-corrected chi connectivity index (χ4v) is 4.07. The van der Waals surface area contributed by atoms with Gasteiger partial charge in [0.25, 0.3) is 0 Å². The number of nitriles is 1. The molecule has 7 heteroatoms. The van der Waals surface area contributed by atoms with Gasteiger partial charge in [0.05, 0.1) is 30.3 Å². The third kappa shape index (κ3) is 4.49. The first kappa shape index (κ1) is 20.8. The molecule has 158 valence electrons. The van der Waals surface area contributed by atoms with Gasteiger partial charge in [-0.05, 0) is 43.6 Å². The standard InChI is InChI=1S/C24H25N5O2/c1-31-24(30)18(15-25)22-23(28-20-12-6-5-11-19(20)27-22)26-16-21(29-13-7-8-14-29)17-9-3-2-4-10-17/h2-6,9-12,18,21H,7-8,13-14,16H2,1H3,(H,26,28). The number of ether oxygens (including phenoxy) is 1. The molecule has 1 aromatic heterocycles. The van der Waals surface area contributed by atoms with Crippen molar-refractivity contribution in [3.63, 3.8) is 0 Å². The number of methoxy groups -OCH3 is 1. The second-order valence-electron chi connectivity index (χ2n) is 7.58. The third-order valence-corrected chi connectivity index (χ3v) is 5.67. The summed E-state index contributed by atoms with van der Waals surface area (Å²) < 4.78 is 4.84. The van der Waals surface area contributed by atoms with Crippen molar-refractivity contribution >= 4 is 22.8 Å². The predicted octanol–water partition coefficient (Wildman–Crippen LogP) is 3.66. The van der Waals surface area contributed by atoms with E-state index in [1.54, 1.807) is 0 Å². The summed E-state index contributed by atoms with van der Waals surface area (Å²) in [6.07, 6.45) is 2.37. The Morgan fingerprint density at radius 3 is 2.39 bits per heavy atom. The molecule has 1 N–H and O–H groups in total. The summed E-state index contributed by atoms with van der Waals surface area (Å²) in [6, 6.07) is 20.0. The smallest absolute Gasteiger partial charge is 0.329 e. The predicted molar refractivity (Wildman–Crippen MR) is 118 cm³/mol. The van der Waals surface area contributed by atoms with Crippen molar-refractivity contribution < 1.29 is 9.53 Å². The maximum Gasteiger partial charge on any atom is 0.329 e. The number of nitrogens with zero attached hydrogens (tertiary/aromatic N) is 4. The van der Waals surface area contributed by atoms with E-state index in [2.05, 4.69) is 27.3 Å². The van der Waals surface area contributed by atoms with Crippen molar-refractivity contribution in [3.8, 4) is 6.07 Å². The van der Waals surface area contributed by atoms with E-state index in [0.717, 1.165) is 13.1 Å². The van der Waals surface area contributed by atoms with Crippen molar-refractivity contribution in [2.45, 2.75) is 24.8 Å². The minimum absolute atomic E-state index is 0.156. The lowest BCUT2D eigenvalue weighted by atomic mass is 10.0. The zero-order valence-electron chi connectivity index (χ0n) is 17.5. The summed E-state index contributed by atoms with van der Waals surface area (Å²) in [4.78, 5) is 24.0. The molecular weight excluding hydrogens is 390 g/mol. The average molecular weight is 415 g/mol. The highest BCUT2D eigenvalue weighted by Gasteiger charge is 2.29. The Balaban J connectivity index is 1.69. The van der Waals surface area contributed by atoms with Gasteiger partial charge < -0.3 is 10.1 Å². The highest BCUT2D eigenvalue weighted by molar-refractivity contribution is 5.84. The van der Waals surface area contributed by atoms with Gasteiger partial charge in [-0.2, -0.15) is 5.26 Å². The van der Waals surface area contributed by atoms with Crippen LogP contribution in [0.25, 0.3) is 11.0 Å². The minimum atomic E-state index is -1.15. The Morgan fingerprint density at radius 2 is 1.74 bits per heavy atom. The number of anilines is 1. The van der Waals surface area contributed by atoms with Gasteiger partial charge in [-0.25, -0.2) is 9.97 Å². The summed E-state index contributed by atoms with van der Waals surface area (Å²) >= 11 is 0. The van der Waals surface area contributed by atoms with Crippen LogP contribution < -0.4 is 5.32 Å². The largest absolute Gasteiger partial charge is 0.468 e. The number of nitrogens with one attached hydrogen (secondary N) is 1. The van der Waals surface area contributed by atoms with E-state index in [4.69, 9.17) is 9.72 Å². The van der Waals surface area contributed by atoms with E-state index in [1.165, 1.54) is 25.5 Å². The van der Waals surface area contributed by atoms with Crippen LogP contribution in [0.1, 0.15) is 36.1 Å². The molecular formula is C24H25N5O2. The van der Waals surface area contributed by atoms with Crippen molar-refractivity contribution in [2.75, 3.05) is 32.1 Å². The highest BCUT2D eigenvalue weighted by atomic mass is 16.5. The Kier molecular flexibility index (Phi) is 6.39. The molecule has 2 aromatic carbocycles. The van der Waals surface area contributed by atoms with E-state index in [1.807, 2.05) is 48.5 Å². The minimum Gasteiger partial charge on any atom is -0.468 e. The summed E-state index contributed by atoms with van der Waals surface area (Å²) in [5.74, 6) is -1.35. The Hall–Kier alpha value is -3.50. The number of fused-ring (bicyclic) bond motifs is 1. The molecule has 1 fully saturated rings. The maximum atomic E-state index is 12.3. The number of carbonyl (C=O) groups is 1. The number of benzene rings is 2. The van der Waals surface area contributed by atoms with Gasteiger partial charge in [0, 0.05) is 6.54 Å². The van der Waals surface area contributed by atoms with Crippen molar-refractivity contribution in [1.82, 2.24) is 14.9 Å². The van der Waals surface area contributed by atoms with Crippen LogP contribution in [-0.2, 0) is 9.53 Å². The molecule has 0 spiro atoms. The lowest BCUT2D eigenvalue weighted by molar-refractivity contribution is -0.141. The first-order valence-electron chi connectivity index (χ1n) is 10.5. The number of aromatic nitrogens is 2. The zero-order valence-corrected chi connectivity index (χ0v) is 17.5. The zero-order chi connectivity index (χ0) is 21.6. The van der Waals surface area contributed by atoms with Gasteiger partial charge in [-0.3, -0.25) is 9.69 Å². The van der Waals surface area contributed by atoms with E-state index in [-0.39, 0.29) is 6.04 Å². The first-order chi connectivity index (χ1) is 15.2. The number of carbonyl (C=O) groups excluding carboxylic acids is 1. The van der Waals surface area contributed by atoms with Gasteiger partial charge >= 0.3 is 5.97 Å². The number of rotatable bonds is 7. The first-order valence-corrected chi connectivity index (χ1v) is 10.5. The summed E-state index contributed by atoms with van der Waals surface area (Å²) in [5, 5.41) is 13.1. The molecule has 2 unspecified atom stereocenters. The molecule has 0 aliphatic carbocycles. The van der Waals surface area contributed by atoms with Gasteiger partial charge in [-0.1, -0.05) is 42.5 Å². The van der Waals surface area contributed by atoms with Crippen LogP contribution in [0.15, 0.2) is 54.6 Å². The molecule has 1 aliphatic rings. The fraction of sp³-hybridized carbons (Fsp3) is 0.333. The molecule has 0 radical (unpaired) electrons. The second-order valence-corrected chi connectivity index (χ2v) is 7.58. The van der Waals surface area contributed by atoms with E-state index < -0.39 is 11.9 Å². The molecule has 0 saturated carbocycles. The van der Waals surface area contributed by atoms with Crippen LogP contribution in [0.2, 0.25) is 0 Å². The third-order valence-electron chi connectivity index (χ3n) is 5.67. The van der Waals surface area contributed by atoms with E-state index in [9.17, 15) is 10.1 Å². The molecule has 0 amide bonds. The van der Waals surface area contributed by atoms with Gasteiger partial charge in [0.15, 0.2) is 11.7 Å². The molecule has 0 bridgehead atoms. The molecule has 1 aliphatic heterocycles. The normalized spacial score (nSPS) is 15.9. The second kappa shape index (κ2) is 9.54. The van der Waals surface area contributed by atoms with Crippen molar-refractivity contribution in [3.05, 3.63) is 65.9 Å². The summed E-state index contributed by atoms with van der Waals surface area (Å²) in [5.41, 5.74) is 2.84. The van der Waals surface area contributed by atoms with Crippen LogP contribution in [0, 0.1) is 11.3 Å². The molecule has 31 heavy (non-hydrogen) atoms. The lowest BCUT2D eigenvalue weighted by Crippen LogP contribution is -2.31. The van der Waals surface area contributed by atoms with Crippen LogP contribution in [0.5, 0.6) is 0 Å². The highest BCUT2D eigenvalue weighted by Crippen LogP contribution is 2.28. The molecule has 7 nitrogen and oxygen atoms in total. The van der Waals surface area contributed by atoms with Gasteiger partial charge in [0.2, 0.25) is 0 Å². The van der Waals surface area contributed by atoms with E-state index in [0.29, 0.717) is 29.1 Å². The maximum absolute atomic E-state index is 12.3. The van der Waals surface area contributed by atoms with Crippen molar-refractivity contribution in [1.29, 1.82) is 5.26 Å². The topological polar surface area (TPSA) is 91.1 Å². The molecule has 3 aromatic rings. The quantitative estimate of drug-likeness (QED) is 0.589. The Morgan fingerprint density at radius 1 is 1.10 bits per heavy atom. The fourth-order valence-electron chi connectivity index (χ4n) is 4.07. The Labute approximate surface area is 181 Å². The average Bonchev–Trinajstić information content (AvgIpc) is 3.35. The number of likely N-dealkylation sites (tertiary alicyclic amines) is 1. The van der Waals surface area contributed by atoms with Crippen LogP contribution in [0.3, 0.4) is 0 Å². The summed E-state index contributed by atoms with van der Waals surface area (Å²) in [6.45, 7) is 2.67. The number of hydrogen-bond acceptors (Lipinski definition) is 7. The molecule has 1 saturated heterocycles. The SMILES string of the molecule is COC(=O)C(C#N)c1nc2ccccc2nc1NCC(c1ccccc1)N1CCCC1. The lowest BCUT2D eigenvalue weighted by Gasteiger charge is -2.28. The summed E-state index contributed by atoms with van der Waals surface area (Å²) in [7, 11) is 1.27. The molecule has 2 heterocycles.